The van der Waals surface area contributed by atoms with Crippen molar-refractivity contribution in [2.75, 3.05) is 19.6 Å². The van der Waals surface area contributed by atoms with Gasteiger partial charge < -0.3 is 10.0 Å². The lowest BCUT2D eigenvalue weighted by atomic mass is 9.99. The first-order valence-electron chi connectivity index (χ1n) is 7.00. The van der Waals surface area contributed by atoms with Gasteiger partial charge in [-0.25, -0.2) is 0 Å². The topological polar surface area (TPSA) is 60.9 Å². The highest BCUT2D eigenvalue weighted by molar-refractivity contribution is 5.79. The summed E-state index contributed by atoms with van der Waals surface area (Å²) < 4.78 is 0. The molecule has 1 saturated heterocycles. The number of carboxylic acid groups (broad SMARTS) is 1. The van der Waals surface area contributed by atoms with Crippen LogP contribution in [-0.4, -0.2) is 58.5 Å². The van der Waals surface area contributed by atoms with Crippen LogP contribution in [0.3, 0.4) is 0 Å². The molecule has 0 saturated carbocycles. The summed E-state index contributed by atoms with van der Waals surface area (Å²) in [6.07, 6.45) is 0. The fourth-order valence-electron chi connectivity index (χ4n) is 2.96. The van der Waals surface area contributed by atoms with Gasteiger partial charge >= 0.3 is 5.97 Å². The molecule has 0 aromatic carbocycles. The normalized spacial score (nSPS) is 24.2. The standard InChI is InChI=1S/C14H26N2O3/c1-9(2)16(10(3)4)13(17)8-15-6-11(5)12(7-15)14(18)19/h9-12H,6-8H2,1-5H3,(H,18,19)/t11-,12-/m1/s1. The number of rotatable bonds is 5. The molecule has 0 spiro atoms. The predicted octanol–water partition coefficient (Wildman–Crippen LogP) is 1.28. The zero-order valence-corrected chi connectivity index (χ0v) is 12.6. The molecule has 1 heterocycles. The maximum Gasteiger partial charge on any atom is 0.308 e. The van der Waals surface area contributed by atoms with Crippen LogP contribution in [0.5, 0.6) is 0 Å². The number of hydrogen-bond acceptors (Lipinski definition) is 3. The van der Waals surface area contributed by atoms with Gasteiger partial charge in [0, 0.05) is 25.2 Å². The van der Waals surface area contributed by atoms with Crippen LogP contribution in [0.15, 0.2) is 0 Å². The molecule has 1 rings (SSSR count). The van der Waals surface area contributed by atoms with E-state index in [9.17, 15) is 9.59 Å². The van der Waals surface area contributed by atoms with E-state index < -0.39 is 5.97 Å². The van der Waals surface area contributed by atoms with Crippen molar-refractivity contribution in [3.63, 3.8) is 0 Å². The molecule has 110 valence electrons. The van der Waals surface area contributed by atoms with Gasteiger partial charge in [0.2, 0.25) is 5.91 Å². The summed E-state index contributed by atoms with van der Waals surface area (Å²) in [7, 11) is 0. The number of likely N-dealkylation sites (tertiary alicyclic amines) is 1. The summed E-state index contributed by atoms with van der Waals surface area (Å²) in [5, 5.41) is 9.10. The van der Waals surface area contributed by atoms with Gasteiger partial charge in [-0.3, -0.25) is 14.5 Å². The number of carbonyl (C=O) groups excluding carboxylic acids is 1. The molecule has 0 aromatic heterocycles. The quantitative estimate of drug-likeness (QED) is 0.817. The second-order valence-corrected chi connectivity index (χ2v) is 6.10. The average Bonchev–Trinajstić information content (AvgIpc) is 2.57. The van der Waals surface area contributed by atoms with Gasteiger partial charge in [-0.2, -0.15) is 0 Å². The number of nitrogens with zero attached hydrogens (tertiary/aromatic N) is 2. The lowest BCUT2D eigenvalue weighted by molar-refractivity contribution is -0.143. The Morgan fingerprint density at radius 2 is 1.74 bits per heavy atom. The number of aliphatic carboxylic acids is 1. The molecule has 1 N–H and O–H groups in total. The van der Waals surface area contributed by atoms with Gasteiger partial charge in [0.1, 0.15) is 0 Å². The van der Waals surface area contributed by atoms with E-state index in [1.54, 1.807) is 0 Å². The van der Waals surface area contributed by atoms with E-state index in [2.05, 4.69) is 0 Å². The van der Waals surface area contributed by atoms with E-state index >= 15 is 0 Å². The molecular formula is C14H26N2O3. The lowest BCUT2D eigenvalue weighted by Crippen LogP contribution is -2.46. The maximum absolute atomic E-state index is 12.3. The molecule has 19 heavy (non-hydrogen) atoms. The minimum Gasteiger partial charge on any atom is -0.481 e. The fraction of sp³-hybridized carbons (Fsp3) is 0.857. The molecule has 1 fully saturated rings. The number of amides is 1. The first-order chi connectivity index (χ1) is 8.73. The third-order valence-corrected chi connectivity index (χ3v) is 3.76. The average molecular weight is 270 g/mol. The highest BCUT2D eigenvalue weighted by Gasteiger charge is 2.36. The van der Waals surface area contributed by atoms with E-state index in [0.717, 1.165) is 0 Å². The zero-order chi connectivity index (χ0) is 14.7. The highest BCUT2D eigenvalue weighted by atomic mass is 16.4. The molecule has 0 unspecified atom stereocenters. The Hall–Kier alpha value is -1.10. The van der Waals surface area contributed by atoms with Crippen molar-refractivity contribution in [2.24, 2.45) is 11.8 Å². The van der Waals surface area contributed by atoms with Crippen molar-refractivity contribution in [2.45, 2.75) is 46.7 Å². The molecule has 5 nitrogen and oxygen atoms in total. The smallest absolute Gasteiger partial charge is 0.308 e. The van der Waals surface area contributed by atoms with Crippen LogP contribution in [0, 0.1) is 11.8 Å². The monoisotopic (exact) mass is 270 g/mol. The summed E-state index contributed by atoms with van der Waals surface area (Å²) >= 11 is 0. The highest BCUT2D eigenvalue weighted by Crippen LogP contribution is 2.23. The first-order valence-corrected chi connectivity index (χ1v) is 7.00. The number of hydrogen-bond donors (Lipinski definition) is 1. The minimum atomic E-state index is -0.757. The van der Waals surface area contributed by atoms with Gasteiger partial charge in [-0.1, -0.05) is 6.92 Å². The molecule has 1 aliphatic heterocycles. The summed E-state index contributed by atoms with van der Waals surface area (Å²) in [4.78, 5) is 27.2. The summed E-state index contributed by atoms with van der Waals surface area (Å²) in [5.74, 6) is -0.911. The minimum absolute atomic E-state index is 0.0863. The molecule has 1 aliphatic rings. The van der Waals surface area contributed by atoms with Gasteiger partial charge in [-0.05, 0) is 33.6 Å². The molecular weight excluding hydrogens is 244 g/mol. The SMILES string of the molecule is CC(C)N(C(=O)CN1C[C@@H](C)[C@H](C(=O)O)C1)C(C)C. The van der Waals surface area contributed by atoms with Crippen LogP contribution >= 0.6 is 0 Å². The van der Waals surface area contributed by atoms with Crippen LogP contribution in [0.4, 0.5) is 0 Å². The van der Waals surface area contributed by atoms with E-state index in [0.29, 0.717) is 19.6 Å². The molecule has 1 amide bonds. The van der Waals surface area contributed by atoms with E-state index in [4.69, 9.17) is 5.11 Å². The second kappa shape index (κ2) is 6.37. The van der Waals surface area contributed by atoms with Crippen molar-refractivity contribution in [1.29, 1.82) is 0 Å². The van der Waals surface area contributed by atoms with Crippen LogP contribution in [0.1, 0.15) is 34.6 Å². The molecule has 0 bridgehead atoms. The van der Waals surface area contributed by atoms with Crippen molar-refractivity contribution in [3.8, 4) is 0 Å². The van der Waals surface area contributed by atoms with Gasteiger partial charge in [0.05, 0.1) is 12.5 Å². The van der Waals surface area contributed by atoms with Gasteiger partial charge in [0.15, 0.2) is 0 Å². The van der Waals surface area contributed by atoms with Crippen LogP contribution in [0.25, 0.3) is 0 Å². The molecule has 2 atom stereocenters. The summed E-state index contributed by atoms with van der Waals surface area (Å²) in [6, 6.07) is 0.339. The Morgan fingerprint density at radius 1 is 1.21 bits per heavy atom. The van der Waals surface area contributed by atoms with E-state index in [1.165, 1.54) is 0 Å². The van der Waals surface area contributed by atoms with Gasteiger partial charge in [-0.15, -0.1) is 0 Å². The van der Waals surface area contributed by atoms with Crippen molar-refractivity contribution >= 4 is 11.9 Å². The fourth-order valence-corrected chi connectivity index (χ4v) is 2.96. The first kappa shape index (κ1) is 16.0. The van der Waals surface area contributed by atoms with Crippen LogP contribution in [0.2, 0.25) is 0 Å². The zero-order valence-electron chi connectivity index (χ0n) is 12.6. The van der Waals surface area contributed by atoms with Crippen molar-refractivity contribution in [3.05, 3.63) is 0 Å². The van der Waals surface area contributed by atoms with Crippen molar-refractivity contribution in [1.82, 2.24) is 9.80 Å². The van der Waals surface area contributed by atoms with E-state index in [-0.39, 0.29) is 29.8 Å². The lowest BCUT2D eigenvalue weighted by Gasteiger charge is -2.32. The molecule has 0 aromatic rings. The van der Waals surface area contributed by atoms with Gasteiger partial charge in [0.25, 0.3) is 0 Å². The molecule has 0 aliphatic carbocycles. The van der Waals surface area contributed by atoms with Crippen LogP contribution < -0.4 is 0 Å². The molecule has 5 heteroatoms. The third-order valence-electron chi connectivity index (χ3n) is 3.76. The largest absolute Gasteiger partial charge is 0.481 e. The Balaban J connectivity index is 2.61. The summed E-state index contributed by atoms with van der Waals surface area (Å²) in [6.45, 7) is 11.4. The number of carboxylic acids is 1. The second-order valence-electron chi connectivity index (χ2n) is 6.10. The predicted molar refractivity (Wildman–Crippen MR) is 73.8 cm³/mol. The van der Waals surface area contributed by atoms with Crippen LogP contribution in [-0.2, 0) is 9.59 Å². The Morgan fingerprint density at radius 3 is 2.11 bits per heavy atom. The number of carbonyl (C=O) groups is 2. The maximum atomic E-state index is 12.3. The Kier molecular flexibility index (Phi) is 5.35. The van der Waals surface area contributed by atoms with E-state index in [1.807, 2.05) is 44.4 Å². The third kappa shape index (κ3) is 3.93. The summed E-state index contributed by atoms with van der Waals surface area (Å²) in [5.41, 5.74) is 0. The Bertz CT molecular complexity index is 334. The molecule has 0 radical (unpaired) electrons. The van der Waals surface area contributed by atoms with Crippen molar-refractivity contribution < 1.29 is 14.7 Å². The Labute approximate surface area is 115 Å².